The van der Waals surface area contributed by atoms with Gasteiger partial charge in [-0.05, 0) is 55.3 Å². The predicted octanol–water partition coefficient (Wildman–Crippen LogP) is 4.39. The number of carboxylic acid groups (broad SMARTS) is 1. The fourth-order valence-electron chi connectivity index (χ4n) is 3.25. The normalized spacial score (nSPS) is 18.8. The Morgan fingerprint density at radius 3 is 2.46 bits per heavy atom. The molecule has 0 saturated heterocycles. The summed E-state index contributed by atoms with van der Waals surface area (Å²) in [6, 6.07) is 7.79. The van der Waals surface area contributed by atoms with Gasteiger partial charge in [0, 0.05) is 6.54 Å². The predicted molar refractivity (Wildman–Crippen MR) is 108 cm³/mol. The summed E-state index contributed by atoms with van der Waals surface area (Å²) in [6.07, 6.45) is 15.7. The molecular weight excluding hydrogens is 324 g/mol. The topological polar surface area (TPSA) is 66.6 Å². The number of amides is 1. The van der Waals surface area contributed by atoms with Crippen LogP contribution in [0.1, 0.15) is 43.4 Å². The first-order chi connectivity index (χ1) is 12.6. The van der Waals surface area contributed by atoms with E-state index in [4.69, 9.17) is 5.73 Å². The van der Waals surface area contributed by atoms with Gasteiger partial charge in [-0.1, -0.05) is 49.4 Å². The van der Waals surface area contributed by atoms with Crippen molar-refractivity contribution in [1.29, 1.82) is 0 Å². The van der Waals surface area contributed by atoms with Crippen molar-refractivity contribution in [2.24, 2.45) is 11.7 Å². The number of carbonyl (C=O) groups is 1. The second-order valence-corrected chi connectivity index (χ2v) is 6.35. The second kappa shape index (κ2) is 11.2. The lowest BCUT2D eigenvalue weighted by Crippen LogP contribution is -2.39. The molecule has 4 nitrogen and oxygen atoms in total. The van der Waals surface area contributed by atoms with E-state index in [-0.39, 0.29) is 6.04 Å². The molecule has 0 spiro atoms. The zero-order valence-electron chi connectivity index (χ0n) is 15.6. The molecule has 1 aromatic rings. The first kappa shape index (κ1) is 21.5. The van der Waals surface area contributed by atoms with Crippen LogP contribution in [0, 0.1) is 18.8 Å². The van der Waals surface area contributed by atoms with Crippen LogP contribution >= 0.6 is 0 Å². The van der Waals surface area contributed by atoms with Gasteiger partial charge in [-0.25, -0.2) is 4.79 Å². The van der Waals surface area contributed by atoms with Crippen molar-refractivity contribution in [2.75, 3.05) is 13.1 Å². The SMILES string of the molecule is C#C.C=C/C(=C\C)[C@H]1c2ccccc2CCN1C(=O)O.NCC1CCC1. The van der Waals surface area contributed by atoms with Gasteiger partial charge in [0.25, 0.3) is 0 Å². The van der Waals surface area contributed by atoms with Crippen molar-refractivity contribution >= 4 is 6.09 Å². The molecule has 0 bridgehead atoms. The molecule has 0 radical (unpaired) electrons. The lowest BCUT2D eigenvalue weighted by Gasteiger charge is -2.36. The maximum absolute atomic E-state index is 11.4. The number of hydrogen-bond acceptors (Lipinski definition) is 2. The van der Waals surface area contributed by atoms with Gasteiger partial charge in [-0.2, -0.15) is 0 Å². The van der Waals surface area contributed by atoms with Gasteiger partial charge in [0.2, 0.25) is 0 Å². The van der Waals surface area contributed by atoms with Crippen molar-refractivity contribution < 1.29 is 9.90 Å². The van der Waals surface area contributed by atoms with E-state index >= 15 is 0 Å². The maximum atomic E-state index is 11.4. The van der Waals surface area contributed by atoms with E-state index in [0.29, 0.717) is 6.54 Å². The Bertz CT molecular complexity index is 642. The molecule has 4 heteroatoms. The van der Waals surface area contributed by atoms with Crippen molar-refractivity contribution in [3.05, 3.63) is 59.7 Å². The zero-order chi connectivity index (χ0) is 19.5. The lowest BCUT2D eigenvalue weighted by molar-refractivity contribution is 0.129. The Balaban J connectivity index is 0.000000353. The van der Waals surface area contributed by atoms with E-state index in [0.717, 1.165) is 30.0 Å². The van der Waals surface area contributed by atoms with Gasteiger partial charge in [0.1, 0.15) is 0 Å². The number of nitrogens with zero attached hydrogens (tertiary/aromatic N) is 1. The molecule has 2 aliphatic rings. The molecule has 3 rings (SSSR count). The molecule has 1 amide bonds. The molecule has 0 aromatic heterocycles. The van der Waals surface area contributed by atoms with E-state index < -0.39 is 6.09 Å². The van der Waals surface area contributed by atoms with Gasteiger partial charge >= 0.3 is 6.09 Å². The number of benzene rings is 1. The van der Waals surface area contributed by atoms with Crippen LogP contribution in [0.4, 0.5) is 4.79 Å². The van der Waals surface area contributed by atoms with Gasteiger partial charge in [-0.3, -0.25) is 4.90 Å². The average Bonchev–Trinajstić information content (AvgIpc) is 2.64. The Labute approximate surface area is 157 Å². The number of rotatable bonds is 3. The third-order valence-electron chi connectivity index (χ3n) is 4.97. The smallest absolute Gasteiger partial charge is 0.408 e. The number of nitrogens with two attached hydrogens (primary N) is 1. The summed E-state index contributed by atoms with van der Waals surface area (Å²) in [4.78, 5) is 12.9. The first-order valence-corrected chi connectivity index (χ1v) is 9.01. The van der Waals surface area contributed by atoms with Crippen LogP contribution in [0.15, 0.2) is 48.6 Å². The number of terminal acetylenes is 1. The zero-order valence-corrected chi connectivity index (χ0v) is 15.6. The van der Waals surface area contributed by atoms with E-state index in [1.165, 1.54) is 29.7 Å². The standard InChI is InChI=1S/C15H17NO2.C5H11N.C2H2/c1-3-11(4-2)14-13-8-6-5-7-12(13)9-10-16(14)15(17)18;6-4-5-2-1-3-5;1-2/h3-8,14H,1,9-10H2,2H3,(H,17,18);5H,1-4,6H2;1-2H/b11-4+;;/t14-;;/m0../s1. The fraction of sp³-hybridized carbons (Fsp3) is 0.409. The Hall–Kier alpha value is -2.51. The summed E-state index contributed by atoms with van der Waals surface area (Å²) in [5.74, 6) is 0.894. The Morgan fingerprint density at radius 2 is 2.04 bits per heavy atom. The van der Waals surface area contributed by atoms with Gasteiger partial charge in [0.05, 0.1) is 6.04 Å². The lowest BCUT2D eigenvalue weighted by atomic mass is 9.86. The maximum Gasteiger partial charge on any atom is 0.408 e. The molecule has 1 aliphatic heterocycles. The molecule has 3 N–H and O–H groups in total. The van der Waals surface area contributed by atoms with E-state index in [1.807, 2.05) is 31.2 Å². The molecule has 140 valence electrons. The van der Waals surface area contributed by atoms with E-state index in [9.17, 15) is 9.90 Å². The molecule has 1 saturated carbocycles. The monoisotopic (exact) mass is 354 g/mol. The van der Waals surface area contributed by atoms with Crippen molar-refractivity contribution in [2.45, 2.75) is 38.6 Å². The third kappa shape index (κ3) is 5.24. The molecule has 0 unspecified atom stereocenters. The van der Waals surface area contributed by atoms with Crippen LogP contribution < -0.4 is 5.73 Å². The molecule has 1 atom stereocenters. The van der Waals surface area contributed by atoms with Crippen LogP contribution in [-0.4, -0.2) is 29.2 Å². The van der Waals surface area contributed by atoms with E-state index in [1.54, 1.807) is 6.08 Å². The number of allylic oxidation sites excluding steroid dienone is 1. The van der Waals surface area contributed by atoms with Gasteiger partial charge in [-0.15, -0.1) is 12.8 Å². The quantitative estimate of drug-likeness (QED) is 0.625. The van der Waals surface area contributed by atoms with Crippen LogP contribution in [0.3, 0.4) is 0 Å². The minimum absolute atomic E-state index is 0.227. The second-order valence-electron chi connectivity index (χ2n) is 6.35. The van der Waals surface area contributed by atoms with Crippen LogP contribution in [-0.2, 0) is 6.42 Å². The summed E-state index contributed by atoms with van der Waals surface area (Å²) < 4.78 is 0. The summed E-state index contributed by atoms with van der Waals surface area (Å²) in [5, 5.41) is 9.34. The number of fused-ring (bicyclic) bond motifs is 1. The highest BCUT2D eigenvalue weighted by Crippen LogP contribution is 2.35. The minimum atomic E-state index is -0.879. The highest BCUT2D eigenvalue weighted by Gasteiger charge is 2.31. The third-order valence-corrected chi connectivity index (χ3v) is 4.97. The first-order valence-electron chi connectivity index (χ1n) is 9.01. The van der Waals surface area contributed by atoms with E-state index in [2.05, 4.69) is 25.5 Å². The Morgan fingerprint density at radius 1 is 1.38 bits per heavy atom. The highest BCUT2D eigenvalue weighted by atomic mass is 16.4. The molecular formula is C22H30N2O2. The minimum Gasteiger partial charge on any atom is -0.465 e. The largest absolute Gasteiger partial charge is 0.465 e. The summed E-state index contributed by atoms with van der Waals surface area (Å²) >= 11 is 0. The Kier molecular flexibility index (Phi) is 9.25. The molecule has 1 heterocycles. The molecule has 1 fully saturated rings. The fourth-order valence-corrected chi connectivity index (χ4v) is 3.25. The average molecular weight is 354 g/mol. The van der Waals surface area contributed by atoms with Gasteiger partial charge < -0.3 is 10.8 Å². The van der Waals surface area contributed by atoms with Gasteiger partial charge in [0.15, 0.2) is 0 Å². The van der Waals surface area contributed by atoms with Crippen molar-refractivity contribution in [1.82, 2.24) is 4.90 Å². The van der Waals surface area contributed by atoms with Crippen molar-refractivity contribution in [3.63, 3.8) is 0 Å². The molecule has 1 aromatic carbocycles. The summed E-state index contributed by atoms with van der Waals surface area (Å²) in [7, 11) is 0. The van der Waals surface area contributed by atoms with Crippen LogP contribution in [0.2, 0.25) is 0 Å². The van der Waals surface area contributed by atoms with Crippen LogP contribution in [0.5, 0.6) is 0 Å². The molecule has 26 heavy (non-hydrogen) atoms. The molecule has 1 aliphatic carbocycles. The number of hydrogen-bond donors (Lipinski definition) is 2. The summed E-state index contributed by atoms with van der Waals surface area (Å²) in [5.41, 5.74) is 8.56. The highest BCUT2D eigenvalue weighted by molar-refractivity contribution is 5.68. The van der Waals surface area contributed by atoms with Crippen molar-refractivity contribution in [3.8, 4) is 12.8 Å². The van der Waals surface area contributed by atoms with Crippen LogP contribution in [0.25, 0.3) is 0 Å². The summed E-state index contributed by atoms with van der Waals surface area (Å²) in [6.45, 7) is 7.14.